The molecular formula is C11H10F2N4. The zero-order valence-electron chi connectivity index (χ0n) is 9.03. The molecule has 0 saturated heterocycles. The highest BCUT2D eigenvalue weighted by Crippen LogP contribution is 2.39. The molecule has 0 bridgehead atoms. The van der Waals surface area contributed by atoms with E-state index in [1.165, 1.54) is 10.9 Å². The second-order valence-electron chi connectivity index (χ2n) is 4.28. The number of nitriles is 2. The molecule has 1 aromatic rings. The number of alkyl halides is 2. The molecule has 1 atom stereocenters. The summed E-state index contributed by atoms with van der Waals surface area (Å²) in [6.45, 7) is 0.327. The molecule has 1 heterocycles. The minimum Gasteiger partial charge on any atom is -0.321 e. The Balaban J connectivity index is 2.13. The van der Waals surface area contributed by atoms with Crippen LogP contribution in [0.2, 0.25) is 0 Å². The molecule has 1 fully saturated rings. The summed E-state index contributed by atoms with van der Waals surface area (Å²) in [5, 5.41) is 17.6. The molecule has 17 heavy (non-hydrogen) atoms. The summed E-state index contributed by atoms with van der Waals surface area (Å²) >= 11 is 0. The van der Waals surface area contributed by atoms with Crippen LogP contribution in [0.15, 0.2) is 6.33 Å². The Bertz CT molecular complexity index is 507. The topological polar surface area (TPSA) is 65.4 Å². The van der Waals surface area contributed by atoms with Crippen LogP contribution in [0.3, 0.4) is 0 Å². The Morgan fingerprint density at radius 3 is 2.76 bits per heavy atom. The molecular weight excluding hydrogens is 226 g/mol. The van der Waals surface area contributed by atoms with E-state index in [0.29, 0.717) is 13.0 Å². The number of hydrogen-bond acceptors (Lipinski definition) is 3. The van der Waals surface area contributed by atoms with Crippen LogP contribution >= 0.6 is 0 Å². The number of imidazole rings is 1. The highest BCUT2D eigenvalue weighted by atomic mass is 19.3. The largest absolute Gasteiger partial charge is 0.321 e. The van der Waals surface area contributed by atoms with Gasteiger partial charge in [-0.1, -0.05) is 0 Å². The van der Waals surface area contributed by atoms with E-state index in [2.05, 4.69) is 4.98 Å². The lowest BCUT2D eigenvalue weighted by molar-refractivity contribution is 0.00435. The average Bonchev–Trinajstić information content (AvgIpc) is 2.82. The monoisotopic (exact) mass is 236 g/mol. The predicted octanol–water partition coefficient (Wildman–Crippen LogP) is 2.06. The Kier molecular flexibility index (Phi) is 2.81. The van der Waals surface area contributed by atoms with Crippen LogP contribution in [0.1, 0.15) is 30.7 Å². The number of nitrogens with zero attached hydrogens (tertiary/aromatic N) is 4. The molecule has 1 aliphatic rings. The SMILES string of the molecule is N#Cc1ncn(CC2CCC(F)(F)C2)c1C#N. The van der Waals surface area contributed by atoms with E-state index in [4.69, 9.17) is 10.5 Å². The van der Waals surface area contributed by atoms with Crippen molar-refractivity contribution in [3.8, 4) is 12.1 Å². The summed E-state index contributed by atoms with van der Waals surface area (Å²) in [6.07, 6.45) is 1.56. The third kappa shape index (κ3) is 2.26. The molecule has 88 valence electrons. The van der Waals surface area contributed by atoms with Crippen LogP contribution < -0.4 is 0 Å². The molecule has 0 aromatic carbocycles. The van der Waals surface area contributed by atoms with Gasteiger partial charge in [0.05, 0.1) is 6.33 Å². The maximum Gasteiger partial charge on any atom is 0.248 e. The molecule has 0 N–H and O–H groups in total. The molecule has 2 rings (SSSR count). The maximum atomic E-state index is 13.0. The predicted molar refractivity (Wildman–Crippen MR) is 53.9 cm³/mol. The van der Waals surface area contributed by atoms with Crippen LogP contribution in [0.25, 0.3) is 0 Å². The van der Waals surface area contributed by atoms with E-state index in [1.807, 2.05) is 6.07 Å². The van der Waals surface area contributed by atoms with Crippen LogP contribution in [0.5, 0.6) is 0 Å². The van der Waals surface area contributed by atoms with Gasteiger partial charge >= 0.3 is 0 Å². The van der Waals surface area contributed by atoms with Crippen LogP contribution in [0.4, 0.5) is 8.78 Å². The van der Waals surface area contributed by atoms with E-state index in [0.717, 1.165) is 0 Å². The van der Waals surface area contributed by atoms with Gasteiger partial charge in [0.25, 0.3) is 0 Å². The normalized spacial score (nSPS) is 22.0. The minimum absolute atomic E-state index is 0.0530. The number of hydrogen-bond donors (Lipinski definition) is 0. The van der Waals surface area contributed by atoms with Crippen LogP contribution in [-0.4, -0.2) is 15.5 Å². The van der Waals surface area contributed by atoms with Gasteiger partial charge in [0.1, 0.15) is 12.1 Å². The lowest BCUT2D eigenvalue weighted by Gasteiger charge is -2.11. The fourth-order valence-electron chi connectivity index (χ4n) is 2.20. The Morgan fingerprint density at radius 1 is 1.47 bits per heavy atom. The maximum absolute atomic E-state index is 13.0. The second-order valence-corrected chi connectivity index (χ2v) is 4.28. The summed E-state index contributed by atoms with van der Waals surface area (Å²) in [5.74, 6) is -2.74. The lowest BCUT2D eigenvalue weighted by atomic mass is 10.1. The van der Waals surface area contributed by atoms with Gasteiger partial charge in [-0.15, -0.1) is 0 Å². The lowest BCUT2D eigenvalue weighted by Crippen LogP contribution is -2.13. The third-order valence-electron chi connectivity index (χ3n) is 3.01. The Morgan fingerprint density at radius 2 is 2.24 bits per heavy atom. The highest BCUT2D eigenvalue weighted by Gasteiger charge is 2.39. The van der Waals surface area contributed by atoms with Gasteiger partial charge in [0.2, 0.25) is 5.92 Å². The van der Waals surface area contributed by atoms with Crippen LogP contribution in [0, 0.1) is 28.6 Å². The summed E-state index contributed by atoms with van der Waals surface area (Å²) in [7, 11) is 0. The van der Waals surface area contributed by atoms with Gasteiger partial charge in [0, 0.05) is 19.4 Å². The Hall–Kier alpha value is -1.95. The fourth-order valence-corrected chi connectivity index (χ4v) is 2.20. The first-order chi connectivity index (χ1) is 8.05. The molecule has 0 aliphatic heterocycles. The van der Waals surface area contributed by atoms with Gasteiger partial charge in [0.15, 0.2) is 11.4 Å². The van der Waals surface area contributed by atoms with Gasteiger partial charge < -0.3 is 4.57 Å². The van der Waals surface area contributed by atoms with Gasteiger partial charge in [-0.2, -0.15) is 10.5 Å². The standard InChI is InChI=1S/C11H10F2N4/c12-11(13)2-1-8(3-11)6-17-7-16-9(4-14)10(17)5-15/h7-8H,1-3,6H2. The fraction of sp³-hybridized carbons (Fsp3) is 0.545. The zero-order valence-corrected chi connectivity index (χ0v) is 9.03. The Labute approximate surface area is 97.1 Å². The van der Waals surface area contributed by atoms with Gasteiger partial charge in [-0.3, -0.25) is 0 Å². The van der Waals surface area contributed by atoms with Crippen molar-refractivity contribution >= 4 is 0 Å². The van der Waals surface area contributed by atoms with Crippen molar-refractivity contribution in [3.05, 3.63) is 17.7 Å². The van der Waals surface area contributed by atoms with E-state index in [1.54, 1.807) is 6.07 Å². The molecule has 1 aromatic heterocycles. The number of halogens is 2. The molecule has 1 aliphatic carbocycles. The third-order valence-corrected chi connectivity index (χ3v) is 3.01. The second kappa shape index (κ2) is 4.14. The van der Waals surface area contributed by atoms with Crippen molar-refractivity contribution < 1.29 is 8.78 Å². The molecule has 6 heteroatoms. The van der Waals surface area contributed by atoms with Crippen molar-refractivity contribution in [2.24, 2.45) is 5.92 Å². The smallest absolute Gasteiger partial charge is 0.248 e. The summed E-state index contributed by atoms with van der Waals surface area (Å²) in [4.78, 5) is 3.78. The van der Waals surface area contributed by atoms with Gasteiger partial charge in [-0.25, -0.2) is 13.8 Å². The van der Waals surface area contributed by atoms with Gasteiger partial charge in [-0.05, 0) is 12.3 Å². The first-order valence-electron chi connectivity index (χ1n) is 5.29. The molecule has 4 nitrogen and oxygen atoms in total. The van der Waals surface area contributed by atoms with Crippen LogP contribution in [-0.2, 0) is 6.54 Å². The average molecular weight is 236 g/mol. The molecule has 1 unspecified atom stereocenters. The van der Waals surface area contributed by atoms with Crippen molar-refractivity contribution in [3.63, 3.8) is 0 Å². The summed E-state index contributed by atoms with van der Waals surface area (Å²) < 4.78 is 27.5. The number of rotatable bonds is 2. The summed E-state index contributed by atoms with van der Waals surface area (Å²) in [6, 6.07) is 3.69. The first-order valence-corrected chi connectivity index (χ1v) is 5.29. The van der Waals surface area contributed by atoms with Crippen molar-refractivity contribution in [1.29, 1.82) is 10.5 Å². The number of aromatic nitrogens is 2. The van der Waals surface area contributed by atoms with Crippen molar-refractivity contribution in [1.82, 2.24) is 9.55 Å². The zero-order chi connectivity index (χ0) is 12.5. The van der Waals surface area contributed by atoms with E-state index < -0.39 is 5.92 Å². The molecule has 0 spiro atoms. The van der Waals surface area contributed by atoms with Crippen molar-refractivity contribution in [2.75, 3.05) is 0 Å². The van der Waals surface area contributed by atoms with Crippen molar-refractivity contribution in [2.45, 2.75) is 31.7 Å². The molecule has 0 radical (unpaired) electrons. The molecule has 1 saturated carbocycles. The first kappa shape index (κ1) is 11.5. The van der Waals surface area contributed by atoms with E-state index in [-0.39, 0.29) is 30.1 Å². The molecule has 0 amide bonds. The highest BCUT2D eigenvalue weighted by molar-refractivity contribution is 5.36. The van der Waals surface area contributed by atoms with E-state index in [9.17, 15) is 8.78 Å². The minimum atomic E-state index is -2.59. The summed E-state index contributed by atoms with van der Waals surface area (Å²) in [5.41, 5.74) is 0.208. The quantitative estimate of drug-likeness (QED) is 0.789. The van der Waals surface area contributed by atoms with E-state index >= 15 is 0 Å².